The molecule has 1 aromatic carbocycles. The standard InChI is InChI=1S/C19H22N2O7S/c1-12-17(13(2)28-21-12)9-26-16-5-3-14(4-6-16)19(23)27-10-18(22)20-15-7-8-29(24,25)11-15/h3-6,15H,7-11H2,1-2H3,(H,20,22). The summed E-state index contributed by atoms with van der Waals surface area (Å²) in [5.74, 6) is 0.0408. The lowest BCUT2D eigenvalue weighted by Crippen LogP contribution is -2.38. The van der Waals surface area contributed by atoms with Crippen LogP contribution < -0.4 is 10.1 Å². The fourth-order valence-electron chi connectivity index (χ4n) is 2.94. The van der Waals surface area contributed by atoms with Crippen LogP contribution in [0.5, 0.6) is 5.75 Å². The summed E-state index contributed by atoms with van der Waals surface area (Å²) < 4.78 is 38.5. The lowest BCUT2D eigenvalue weighted by molar-refractivity contribution is -0.124. The highest BCUT2D eigenvalue weighted by Crippen LogP contribution is 2.18. The van der Waals surface area contributed by atoms with Crippen molar-refractivity contribution in [1.29, 1.82) is 0 Å². The van der Waals surface area contributed by atoms with Gasteiger partial charge in [-0.2, -0.15) is 0 Å². The molecule has 1 amide bonds. The molecule has 9 nitrogen and oxygen atoms in total. The monoisotopic (exact) mass is 422 g/mol. The third kappa shape index (κ3) is 5.57. The Morgan fingerprint density at radius 1 is 1.24 bits per heavy atom. The second-order valence-electron chi connectivity index (χ2n) is 6.86. The Morgan fingerprint density at radius 3 is 2.55 bits per heavy atom. The van der Waals surface area contributed by atoms with E-state index < -0.39 is 34.4 Å². The number of ether oxygens (including phenoxy) is 2. The smallest absolute Gasteiger partial charge is 0.338 e. The van der Waals surface area contributed by atoms with E-state index in [0.717, 1.165) is 11.3 Å². The number of rotatable bonds is 7. The van der Waals surface area contributed by atoms with Gasteiger partial charge in [-0.1, -0.05) is 5.16 Å². The molecule has 1 N–H and O–H groups in total. The third-order valence-corrected chi connectivity index (χ3v) is 6.35. The van der Waals surface area contributed by atoms with E-state index in [9.17, 15) is 18.0 Å². The number of amides is 1. The van der Waals surface area contributed by atoms with Crippen molar-refractivity contribution in [3.05, 3.63) is 46.8 Å². The van der Waals surface area contributed by atoms with E-state index >= 15 is 0 Å². The van der Waals surface area contributed by atoms with Crippen molar-refractivity contribution in [3.63, 3.8) is 0 Å². The number of benzene rings is 1. The van der Waals surface area contributed by atoms with Crippen LogP contribution in [0.1, 0.15) is 33.8 Å². The highest BCUT2D eigenvalue weighted by atomic mass is 32.2. The molecule has 0 radical (unpaired) electrons. The van der Waals surface area contributed by atoms with E-state index in [1.54, 1.807) is 19.1 Å². The molecule has 1 saturated heterocycles. The summed E-state index contributed by atoms with van der Waals surface area (Å²) in [5.41, 5.74) is 1.90. The summed E-state index contributed by atoms with van der Waals surface area (Å²) in [6.07, 6.45) is 0.372. The van der Waals surface area contributed by atoms with Gasteiger partial charge in [-0.15, -0.1) is 0 Å². The zero-order valence-corrected chi connectivity index (χ0v) is 17.0. The molecule has 1 unspecified atom stereocenters. The summed E-state index contributed by atoms with van der Waals surface area (Å²) >= 11 is 0. The van der Waals surface area contributed by atoms with Crippen molar-refractivity contribution >= 4 is 21.7 Å². The summed E-state index contributed by atoms with van der Waals surface area (Å²) in [4.78, 5) is 23.9. The van der Waals surface area contributed by atoms with Crippen LogP contribution in [0.2, 0.25) is 0 Å². The number of esters is 1. The SMILES string of the molecule is Cc1noc(C)c1COc1ccc(C(=O)OCC(=O)NC2CCS(=O)(=O)C2)cc1. The van der Waals surface area contributed by atoms with Crippen LogP contribution in [0.25, 0.3) is 0 Å². The Hall–Kier alpha value is -2.88. The van der Waals surface area contributed by atoms with E-state index in [1.165, 1.54) is 12.1 Å². The number of nitrogens with one attached hydrogen (secondary N) is 1. The molecule has 0 aliphatic carbocycles. The minimum atomic E-state index is -3.09. The molecule has 1 aliphatic heterocycles. The minimum Gasteiger partial charge on any atom is -0.489 e. The molecule has 156 valence electrons. The van der Waals surface area contributed by atoms with E-state index in [4.69, 9.17) is 14.0 Å². The normalized spacial score (nSPS) is 17.7. The van der Waals surface area contributed by atoms with Gasteiger partial charge < -0.3 is 19.3 Å². The molecule has 1 atom stereocenters. The van der Waals surface area contributed by atoms with Crippen LogP contribution in [0.3, 0.4) is 0 Å². The maximum absolute atomic E-state index is 12.1. The molecule has 29 heavy (non-hydrogen) atoms. The second kappa shape index (κ2) is 8.64. The first-order chi connectivity index (χ1) is 13.7. The van der Waals surface area contributed by atoms with Crippen LogP contribution >= 0.6 is 0 Å². The summed E-state index contributed by atoms with van der Waals surface area (Å²) in [7, 11) is -3.09. The van der Waals surface area contributed by atoms with Gasteiger partial charge in [0.15, 0.2) is 16.4 Å². The van der Waals surface area contributed by atoms with Crippen molar-refractivity contribution in [3.8, 4) is 5.75 Å². The number of aryl methyl sites for hydroxylation is 2. The van der Waals surface area contributed by atoms with Crippen molar-refractivity contribution in [2.24, 2.45) is 0 Å². The Bertz CT molecular complexity index is 977. The van der Waals surface area contributed by atoms with E-state index in [1.807, 2.05) is 6.92 Å². The zero-order valence-electron chi connectivity index (χ0n) is 16.1. The largest absolute Gasteiger partial charge is 0.489 e. The van der Waals surface area contributed by atoms with Crippen LogP contribution in [0.4, 0.5) is 0 Å². The van der Waals surface area contributed by atoms with Gasteiger partial charge in [0.2, 0.25) is 0 Å². The van der Waals surface area contributed by atoms with Crippen molar-refractivity contribution < 1.29 is 32.0 Å². The van der Waals surface area contributed by atoms with Crippen LogP contribution in [0.15, 0.2) is 28.8 Å². The number of hydrogen-bond acceptors (Lipinski definition) is 8. The Kier molecular flexibility index (Phi) is 6.21. The molecule has 1 fully saturated rings. The molecule has 0 bridgehead atoms. The van der Waals surface area contributed by atoms with E-state index in [2.05, 4.69) is 10.5 Å². The molecule has 2 aromatic rings. The van der Waals surface area contributed by atoms with Crippen molar-refractivity contribution in [2.75, 3.05) is 18.1 Å². The Balaban J connectivity index is 1.45. The zero-order chi connectivity index (χ0) is 21.0. The summed E-state index contributed by atoms with van der Waals surface area (Å²) in [6.45, 7) is 3.46. The first-order valence-corrected chi connectivity index (χ1v) is 10.9. The first kappa shape index (κ1) is 20.8. The Labute approximate surface area is 168 Å². The summed E-state index contributed by atoms with van der Waals surface area (Å²) in [6, 6.07) is 5.88. The quantitative estimate of drug-likeness (QED) is 0.663. The van der Waals surface area contributed by atoms with Gasteiger partial charge in [0.1, 0.15) is 18.1 Å². The number of sulfone groups is 1. The minimum absolute atomic E-state index is 0.0579. The van der Waals surface area contributed by atoms with Gasteiger partial charge in [0.05, 0.1) is 28.3 Å². The maximum atomic E-state index is 12.1. The van der Waals surface area contributed by atoms with E-state index in [0.29, 0.717) is 24.5 Å². The van der Waals surface area contributed by atoms with Crippen LogP contribution in [-0.4, -0.2) is 49.6 Å². The molecule has 0 spiro atoms. The number of carbonyl (C=O) groups excluding carboxylic acids is 2. The molecule has 10 heteroatoms. The Morgan fingerprint density at radius 2 is 1.97 bits per heavy atom. The topological polar surface area (TPSA) is 125 Å². The lowest BCUT2D eigenvalue weighted by Gasteiger charge is -2.11. The molecule has 1 aromatic heterocycles. The lowest BCUT2D eigenvalue weighted by atomic mass is 10.2. The first-order valence-electron chi connectivity index (χ1n) is 9.05. The highest BCUT2D eigenvalue weighted by Gasteiger charge is 2.29. The predicted molar refractivity (Wildman–Crippen MR) is 102 cm³/mol. The van der Waals surface area contributed by atoms with Gasteiger partial charge in [0, 0.05) is 6.04 Å². The maximum Gasteiger partial charge on any atom is 0.338 e. The molecule has 3 rings (SSSR count). The summed E-state index contributed by atoms with van der Waals surface area (Å²) in [5, 5.41) is 6.42. The molecule has 2 heterocycles. The molecular weight excluding hydrogens is 400 g/mol. The number of carbonyl (C=O) groups is 2. The molecule has 0 saturated carbocycles. The fraction of sp³-hybridized carbons (Fsp3) is 0.421. The van der Waals surface area contributed by atoms with Crippen LogP contribution in [0, 0.1) is 13.8 Å². The van der Waals surface area contributed by atoms with Gasteiger partial charge in [-0.25, -0.2) is 13.2 Å². The highest BCUT2D eigenvalue weighted by molar-refractivity contribution is 7.91. The average Bonchev–Trinajstić information content (AvgIpc) is 3.19. The number of hydrogen-bond donors (Lipinski definition) is 1. The number of aromatic nitrogens is 1. The van der Waals surface area contributed by atoms with Gasteiger partial charge in [-0.3, -0.25) is 4.79 Å². The second-order valence-corrected chi connectivity index (χ2v) is 9.09. The van der Waals surface area contributed by atoms with Gasteiger partial charge in [-0.05, 0) is 44.5 Å². The fourth-order valence-corrected chi connectivity index (χ4v) is 4.62. The molecule has 1 aliphatic rings. The number of nitrogens with zero attached hydrogens (tertiary/aromatic N) is 1. The van der Waals surface area contributed by atoms with E-state index in [-0.39, 0.29) is 17.1 Å². The van der Waals surface area contributed by atoms with Gasteiger partial charge in [0.25, 0.3) is 5.91 Å². The van der Waals surface area contributed by atoms with Gasteiger partial charge >= 0.3 is 5.97 Å². The van der Waals surface area contributed by atoms with Crippen LogP contribution in [-0.2, 0) is 26.0 Å². The van der Waals surface area contributed by atoms with Crippen molar-refractivity contribution in [2.45, 2.75) is 32.9 Å². The predicted octanol–water partition coefficient (Wildman–Crippen LogP) is 1.33. The third-order valence-electron chi connectivity index (χ3n) is 4.59. The molecular formula is C19H22N2O7S. The average molecular weight is 422 g/mol. The van der Waals surface area contributed by atoms with Crippen molar-refractivity contribution in [1.82, 2.24) is 10.5 Å².